The maximum atomic E-state index is 12.1. The standard InChI is InChI=1S/C24H23N3O2/c1-16-13-20-21(22(17(16)2)29-15-19-11-7-4-8-12-19)26-24(23(25)28)27(20)14-18-9-5-3-6-10-18/h3-13H,14-15H2,1-2H3,(H2,25,28). The van der Waals surface area contributed by atoms with Gasteiger partial charge in [-0.3, -0.25) is 4.79 Å². The van der Waals surface area contributed by atoms with E-state index in [1.54, 1.807) is 0 Å². The molecule has 0 saturated carbocycles. The number of rotatable bonds is 6. The highest BCUT2D eigenvalue weighted by Gasteiger charge is 2.21. The molecule has 0 aliphatic rings. The Morgan fingerprint density at radius 1 is 1.00 bits per heavy atom. The third-order valence-electron chi connectivity index (χ3n) is 5.14. The molecule has 0 fully saturated rings. The molecule has 0 atom stereocenters. The largest absolute Gasteiger partial charge is 0.486 e. The molecule has 5 nitrogen and oxygen atoms in total. The topological polar surface area (TPSA) is 70.1 Å². The first kappa shape index (κ1) is 18.7. The summed E-state index contributed by atoms with van der Waals surface area (Å²) in [5.74, 6) is 0.373. The fourth-order valence-electron chi connectivity index (χ4n) is 3.47. The van der Waals surface area contributed by atoms with Gasteiger partial charge in [0.2, 0.25) is 0 Å². The molecule has 1 amide bonds. The maximum Gasteiger partial charge on any atom is 0.284 e. The van der Waals surface area contributed by atoms with E-state index in [0.29, 0.717) is 24.4 Å². The third-order valence-corrected chi connectivity index (χ3v) is 5.14. The van der Waals surface area contributed by atoms with Gasteiger partial charge in [0.1, 0.15) is 12.1 Å². The van der Waals surface area contributed by atoms with Crippen LogP contribution in [0.5, 0.6) is 5.75 Å². The van der Waals surface area contributed by atoms with E-state index >= 15 is 0 Å². The van der Waals surface area contributed by atoms with E-state index in [4.69, 9.17) is 10.5 Å². The van der Waals surface area contributed by atoms with Crippen molar-refractivity contribution in [3.8, 4) is 5.75 Å². The van der Waals surface area contributed by atoms with Crippen LogP contribution in [-0.4, -0.2) is 15.5 Å². The number of hydrogen-bond donors (Lipinski definition) is 1. The van der Waals surface area contributed by atoms with Crippen LogP contribution in [0.2, 0.25) is 0 Å². The molecule has 3 aromatic carbocycles. The summed E-state index contributed by atoms with van der Waals surface area (Å²) in [6, 6.07) is 22.0. The van der Waals surface area contributed by atoms with Crippen LogP contribution in [0.15, 0.2) is 66.7 Å². The molecule has 0 aliphatic heterocycles. The minimum Gasteiger partial charge on any atom is -0.486 e. The Hall–Kier alpha value is -3.60. The molecule has 0 saturated heterocycles. The summed E-state index contributed by atoms with van der Waals surface area (Å²) in [7, 11) is 0. The molecule has 0 unspecified atom stereocenters. The van der Waals surface area contributed by atoms with E-state index in [1.807, 2.05) is 85.1 Å². The fraction of sp³-hybridized carbons (Fsp3) is 0.167. The Balaban J connectivity index is 1.82. The van der Waals surface area contributed by atoms with Crippen LogP contribution < -0.4 is 10.5 Å². The van der Waals surface area contributed by atoms with E-state index in [0.717, 1.165) is 27.8 Å². The number of aromatic nitrogens is 2. The van der Waals surface area contributed by atoms with Crippen molar-refractivity contribution in [1.82, 2.24) is 9.55 Å². The zero-order valence-electron chi connectivity index (χ0n) is 16.6. The van der Waals surface area contributed by atoms with Crippen LogP contribution in [0.4, 0.5) is 0 Å². The molecule has 146 valence electrons. The van der Waals surface area contributed by atoms with Crippen LogP contribution in [0.3, 0.4) is 0 Å². The number of hydrogen-bond acceptors (Lipinski definition) is 3. The average molecular weight is 385 g/mol. The number of amides is 1. The fourth-order valence-corrected chi connectivity index (χ4v) is 3.47. The normalized spacial score (nSPS) is 11.0. The van der Waals surface area contributed by atoms with Crippen LogP contribution in [0.1, 0.15) is 32.9 Å². The lowest BCUT2D eigenvalue weighted by Crippen LogP contribution is -2.18. The van der Waals surface area contributed by atoms with E-state index < -0.39 is 5.91 Å². The second-order valence-corrected chi connectivity index (χ2v) is 7.16. The highest BCUT2D eigenvalue weighted by Crippen LogP contribution is 2.33. The molecule has 29 heavy (non-hydrogen) atoms. The number of benzene rings is 3. The number of nitrogens with two attached hydrogens (primary N) is 1. The molecular formula is C24H23N3O2. The zero-order chi connectivity index (χ0) is 20.4. The second kappa shape index (κ2) is 7.80. The van der Waals surface area contributed by atoms with Gasteiger partial charge in [0.15, 0.2) is 11.6 Å². The number of fused-ring (bicyclic) bond motifs is 1. The monoisotopic (exact) mass is 385 g/mol. The maximum absolute atomic E-state index is 12.1. The third kappa shape index (κ3) is 3.72. The molecule has 0 aliphatic carbocycles. The lowest BCUT2D eigenvalue weighted by Gasteiger charge is -2.13. The molecular weight excluding hydrogens is 362 g/mol. The summed E-state index contributed by atoms with van der Waals surface area (Å²) < 4.78 is 8.06. The molecule has 0 radical (unpaired) electrons. The average Bonchev–Trinajstić information content (AvgIpc) is 3.08. The van der Waals surface area contributed by atoms with Gasteiger partial charge in [-0.2, -0.15) is 0 Å². The van der Waals surface area contributed by atoms with Crippen LogP contribution >= 0.6 is 0 Å². The Kier molecular flexibility index (Phi) is 5.04. The summed E-state index contributed by atoms with van der Waals surface area (Å²) in [5.41, 5.74) is 11.4. The van der Waals surface area contributed by atoms with Gasteiger partial charge in [-0.1, -0.05) is 60.7 Å². The van der Waals surface area contributed by atoms with E-state index in [-0.39, 0.29) is 5.82 Å². The van der Waals surface area contributed by atoms with E-state index in [1.165, 1.54) is 0 Å². The van der Waals surface area contributed by atoms with Gasteiger partial charge in [-0.15, -0.1) is 0 Å². The Bertz CT molecular complexity index is 1170. The van der Waals surface area contributed by atoms with Gasteiger partial charge in [-0.05, 0) is 42.2 Å². The number of ether oxygens (including phenoxy) is 1. The van der Waals surface area contributed by atoms with Crippen molar-refractivity contribution in [1.29, 1.82) is 0 Å². The summed E-state index contributed by atoms with van der Waals surface area (Å²) in [4.78, 5) is 16.7. The number of aryl methyl sites for hydroxylation is 1. The van der Waals surface area contributed by atoms with Gasteiger partial charge in [-0.25, -0.2) is 4.98 Å². The van der Waals surface area contributed by atoms with E-state index in [2.05, 4.69) is 4.98 Å². The summed E-state index contributed by atoms with van der Waals surface area (Å²) in [5, 5.41) is 0. The Morgan fingerprint density at radius 3 is 2.24 bits per heavy atom. The van der Waals surface area contributed by atoms with Crippen molar-refractivity contribution in [2.75, 3.05) is 0 Å². The van der Waals surface area contributed by atoms with Gasteiger partial charge < -0.3 is 15.0 Å². The van der Waals surface area contributed by atoms with Gasteiger partial charge >= 0.3 is 0 Å². The first-order chi connectivity index (χ1) is 14.0. The lowest BCUT2D eigenvalue weighted by atomic mass is 10.1. The van der Waals surface area contributed by atoms with Gasteiger partial charge in [0, 0.05) is 6.54 Å². The van der Waals surface area contributed by atoms with Crippen molar-refractivity contribution in [2.45, 2.75) is 27.0 Å². The minimum absolute atomic E-state index is 0.235. The zero-order valence-corrected chi connectivity index (χ0v) is 16.6. The smallest absolute Gasteiger partial charge is 0.284 e. The SMILES string of the molecule is Cc1cc2c(nc(C(N)=O)n2Cc2ccccc2)c(OCc2ccccc2)c1C. The first-order valence-corrected chi connectivity index (χ1v) is 9.55. The summed E-state index contributed by atoms with van der Waals surface area (Å²) in [6.45, 7) is 4.98. The molecule has 4 rings (SSSR count). The molecule has 1 aromatic heterocycles. The molecule has 2 N–H and O–H groups in total. The lowest BCUT2D eigenvalue weighted by molar-refractivity contribution is 0.0987. The van der Waals surface area contributed by atoms with Crippen LogP contribution in [-0.2, 0) is 13.2 Å². The predicted molar refractivity (Wildman–Crippen MR) is 114 cm³/mol. The molecule has 4 aromatic rings. The minimum atomic E-state index is -0.554. The molecule has 0 bridgehead atoms. The van der Waals surface area contributed by atoms with Crippen molar-refractivity contribution < 1.29 is 9.53 Å². The Morgan fingerprint density at radius 2 is 1.62 bits per heavy atom. The predicted octanol–water partition coefficient (Wildman–Crippen LogP) is 4.38. The molecule has 0 spiro atoms. The molecule has 1 heterocycles. The highest BCUT2D eigenvalue weighted by atomic mass is 16.5. The number of primary amides is 1. The van der Waals surface area contributed by atoms with Gasteiger partial charge in [0.25, 0.3) is 5.91 Å². The summed E-state index contributed by atoms with van der Waals surface area (Å²) >= 11 is 0. The van der Waals surface area contributed by atoms with Gasteiger partial charge in [0.05, 0.1) is 5.52 Å². The van der Waals surface area contributed by atoms with Crippen LogP contribution in [0, 0.1) is 13.8 Å². The van der Waals surface area contributed by atoms with Crippen molar-refractivity contribution in [2.24, 2.45) is 5.73 Å². The Labute approximate surface area is 169 Å². The van der Waals surface area contributed by atoms with Crippen molar-refractivity contribution >= 4 is 16.9 Å². The number of carbonyl (C=O) groups excluding carboxylic acids is 1. The van der Waals surface area contributed by atoms with Crippen molar-refractivity contribution in [3.05, 3.63) is 94.8 Å². The number of carbonyl (C=O) groups is 1. The van der Waals surface area contributed by atoms with E-state index in [9.17, 15) is 4.79 Å². The molecule has 5 heteroatoms. The number of imidazole rings is 1. The second-order valence-electron chi connectivity index (χ2n) is 7.16. The highest BCUT2D eigenvalue weighted by molar-refractivity contribution is 5.96. The number of nitrogens with zero attached hydrogens (tertiary/aromatic N) is 2. The van der Waals surface area contributed by atoms with Crippen molar-refractivity contribution in [3.63, 3.8) is 0 Å². The van der Waals surface area contributed by atoms with Crippen LogP contribution in [0.25, 0.3) is 11.0 Å². The summed E-state index contributed by atoms with van der Waals surface area (Å²) in [6.07, 6.45) is 0. The quantitative estimate of drug-likeness (QED) is 0.535. The first-order valence-electron chi connectivity index (χ1n) is 9.55.